The quantitative estimate of drug-likeness (QED) is 0.584. The zero-order valence-electron chi connectivity index (χ0n) is 12.1. The van der Waals surface area contributed by atoms with E-state index >= 15 is 0 Å². The Kier molecular flexibility index (Phi) is 4.70. The molecule has 0 radical (unpaired) electrons. The molecule has 1 unspecified atom stereocenters. The number of ether oxygens (including phenoxy) is 2. The van der Waals surface area contributed by atoms with Crippen LogP contribution in [0.25, 0.3) is 0 Å². The Balaban J connectivity index is 1.35. The van der Waals surface area contributed by atoms with Crippen LogP contribution in [0.3, 0.4) is 0 Å². The SMILES string of the molecule is C(=C\C1Cc2ccccc2O1)/CCOCc1ccccc1. The highest BCUT2D eigenvalue weighted by atomic mass is 16.5. The van der Waals surface area contributed by atoms with Crippen LogP contribution >= 0.6 is 0 Å². The first-order valence-corrected chi connectivity index (χ1v) is 7.45. The van der Waals surface area contributed by atoms with E-state index in [0.29, 0.717) is 6.61 Å². The summed E-state index contributed by atoms with van der Waals surface area (Å²) in [6, 6.07) is 18.5. The van der Waals surface area contributed by atoms with Crippen LogP contribution in [0.2, 0.25) is 0 Å². The zero-order chi connectivity index (χ0) is 14.3. The van der Waals surface area contributed by atoms with Gasteiger partial charge in [0.1, 0.15) is 11.9 Å². The van der Waals surface area contributed by atoms with Crippen LogP contribution in [0.4, 0.5) is 0 Å². The molecule has 0 N–H and O–H groups in total. The Bertz CT molecular complexity index is 565. The van der Waals surface area contributed by atoms with Gasteiger partial charge in [0.25, 0.3) is 0 Å². The van der Waals surface area contributed by atoms with Crippen molar-refractivity contribution in [1.82, 2.24) is 0 Å². The first kappa shape index (κ1) is 13.9. The molecular weight excluding hydrogens is 260 g/mol. The van der Waals surface area contributed by atoms with Crippen molar-refractivity contribution in [1.29, 1.82) is 0 Å². The third kappa shape index (κ3) is 3.96. The lowest BCUT2D eigenvalue weighted by Gasteiger charge is -2.05. The maximum Gasteiger partial charge on any atom is 0.123 e. The molecule has 2 nitrogen and oxygen atoms in total. The fourth-order valence-electron chi connectivity index (χ4n) is 2.48. The van der Waals surface area contributed by atoms with Gasteiger partial charge < -0.3 is 9.47 Å². The molecule has 108 valence electrons. The molecule has 0 fully saturated rings. The molecule has 3 rings (SSSR count). The first-order valence-electron chi connectivity index (χ1n) is 7.45. The van der Waals surface area contributed by atoms with Crippen molar-refractivity contribution < 1.29 is 9.47 Å². The average molecular weight is 280 g/mol. The van der Waals surface area contributed by atoms with Gasteiger partial charge >= 0.3 is 0 Å². The molecule has 2 heteroatoms. The summed E-state index contributed by atoms with van der Waals surface area (Å²) in [5.74, 6) is 1.02. The number of benzene rings is 2. The van der Waals surface area contributed by atoms with Gasteiger partial charge in [0.2, 0.25) is 0 Å². The van der Waals surface area contributed by atoms with Crippen LogP contribution in [0.15, 0.2) is 66.7 Å². The van der Waals surface area contributed by atoms with Crippen LogP contribution in [0, 0.1) is 0 Å². The molecule has 0 aromatic heterocycles. The molecule has 2 aromatic carbocycles. The third-order valence-electron chi connectivity index (χ3n) is 3.56. The summed E-state index contributed by atoms with van der Waals surface area (Å²) in [4.78, 5) is 0. The van der Waals surface area contributed by atoms with Gasteiger partial charge in [-0.25, -0.2) is 0 Å². The van der Waals surface area contributed by atoms with Gasteiger partial charge in [-0.1, -0.05) is 54.6 Å². The number of hydrogen-bond donors (Lipinski definition) is 0. The van der Waals surface area contributed by atoms with Gasteiger partial charge in [-0.3, -0.25) is 0 Å². The molecule has 0 saturated heterocycles. The van der Waals surface area contributed by atoms with Crippen LogP contribution in [0.5, 0.6) is 5.75 Å². The maximum atomic E-state index is 5.86. The van der Waals surface area contributed by atoms with E-state index in [1.165, 1.54) is 11.1 Å². The minimum absolute atomic E-state index is 0.177. The smallest absolute Gasteiger partial charge is 0.123 e. The highest BCUT2D eigenvalue weighted by Crippen LogP contribution is 2.28. The van der Waals surface area contributed by atoms with Crippen molar-refractivity contribution in [2.24, 2.45) is 0 Å². The lowest BCUT2D eigenvalue weighted by molar-refractivity contribution is 0.125. The summed E-state index contributed by atoms with van der Waals surface area (Å²) < 4.78 is 11.5. The van der Waals surface area contributed by atoms with Crippen molar-refractivity contribution in [2.45, 2.75) is 25.6 Å². The molecule has 1 heterocycles. The Morgan fingerprint density at radius 1 is 1.05 bits per heavy atom. The molecule has 0 spiro atoms. The standard InChI is InChI=1S/C19H20O2/c1-2-8-16(9-3-1)15-20-13-7-6-11-18-14-17-10-4-5-12-19(17)21-18/h1-6,8-12,18H,7,13-15H2/b11-6+. The molecule has 1 aliphatic heterocycles. The second-order valence-electron chi connectivity index (χ2n) is 5.22. The van der Waals surface area contributed by atoms with Crippen molar-refractivity contribution >= 4 is 0 Å². The minimum Gasteiger partial charge on any atom is -0.486 e. The van der Waals surface area contributed by atoms with Crippen LogP contribution in [-0.2, 0) is 17.8 Å². The van der Waals surface area contributed by atoms with Gasteiger partial charge in [-0.15, -0.1) is 0 Å². The topological polar surface area (TPSA) is 18.5 Å². The first-order chi connectivity index (χ1) is 10.4. The molecule has 21 heavy (non-hydrogen) atoms. The summed E-state index contributed by atoms with van der Waals surface area (Å²) in [5, 5.41) is 0. The Morgan fingerprint density at radius 3 is 2.71 bits per heavy atom. The molecule has 1 aliphatic rings. The van der Waals surface area contributed by atoms with Crippen molar-refractivity contribution in [3.63, 3.8) is 0 Å². The van der Waals surface area contributed by atoms with Gasteiger partial charge in [0.15, 0.2) is 0 Å². The van der Waals surface area contributed by atoms with E-state index in [-0.39, 0.29) is 6.10 Å². The van der Waals surface area contributed by atoms with E-state index in [9.17, 15) is 0 Å². The second-order valence-corrected chi connectivity index (χ2v) is 5.22. The molecular formula is C19H20O2. The molecule has 0 bridgehead atoms. The van der Waals surface area contributed by atoms with Crippen molar-refractivity contribution in [3.8, 4) is 5.75 Å². The Labute approximate surface area is 126 Å². The van der Waals surface area contributed by atoms with Gasteiger partial charge in [-0.2, -0.15) is 0 Å². The number of hydrogen-bond acceptors (Lipinski definition) is 2. The normalized spacial score (nSPS) is 16.9. The molecule has 0 amide bonds. The summed E-state index contributed by atoms with van der Waals surface area (Å²) in [6.07, 6.45) is 6.37. The monoisotopic (exact) mass is 280 g/mol. The highest BCUT2D eigenvalue weighted by molar-refractivity contribution is 5.38. The fraction of sp³-hybridized carbons (Fsp3) is 0.263. The van der Waals surface area contributed by atoms with Gasteiger partial charge in [-0.05, 0) is 29.7 Å². The summed E-state index contributed by atoms with van der Waals surface area (Å²) in [5.41, 5.74) is 2.52. The van der Waals surface area contributed by atoms with Crippen LogP contribution in [-0.4, -0.2) is 12.7 Å². The minimum atomic E-state index is 0.177. The van der Waals surface area contributed by atoms with Crippen LogP contribution < -0.4 is 4.74 Å². The fourth-order valence-corrected chi connectivity index (χ4v) is 2.48. The number of fused-ring (bicyclic) bond motifs is 1. The number of para-hydroxylation sites is 1. The van der Waals surface area contributed by atoms with Crippen LogP contribution in [0.1, 0.15) is 17.5 Å². The second kappa shape index (κ2) is 7.09. The lowest BCUT2D eigenvalue weighted by atomic mass is 10.1. The van der Waals surface area contributed by atoms with E-state index in [4.69, 9.17) is 9.47 Å². The molecule has 0 saturated carbocycles. The lowest BCUT2D eigenvalue weighted by Crippen LogP contribution is -2.08. The number of rotatable bonds is 6. The van der Waals surface area contributed by atoms with E-state index in [0.717, 1.165) is 25.2 Å². The summed E-state index contributed by atoms with van der Waals surface area (Å²) >= 11 is 0. The zero-order valence-corrected chi connectivity index (χ0v) is 12.1. The molecule has 1 atom stereocenters. The average Bonchev–Trinajstić information content (AvgIpc) is 2.94. The van der Waals surface area contributed by atoms with E-state index in [1.54, 1.807) is 0 Å². The summed E-state index contributed by atoms with van der Waals surface area (Å²) in [6.45, 7) is 1.42. The van der Waals surface area contributed by atoms with E-state index < -0.39 is 0 Å². The Hall–Kier alpha value is -2.06. The van der Waals surface area contributed by atoms with Gasteiger partial charge in [0, 0.05) is 6.42 Å². The highest BCUT2D eigenvalue weighted by Gasteiger charge is 2.19. The third-order valence-corrected chi connectivity index (χ3v) is 3.56. The molecule has 0 aliphatic carbocycles. The van der Waals surface area contributed by atoms with E-state index in [2.05, 4.69) is 36.4 Å². The van der Waals surface area contributed by atoms with Crippen molar-refractivity contribution in [2.75, 3.05) is 6.61 Å². The maximum absolute atomic E-state index is 5.86. The van der Waals surface area contributed by atoms with Crippen molar-refractivity contribution in [3.05, 3.63) is 77.9 Å². The predicted octanol–water partition coefficient (Wildman–Crippen LogP) is 4.15. The summed E-state index contributed by atoms with van der Waals surface area (Å²) in [7, 11) is 0. The molecule has 2 aromatic rings. The predicted molar refractivity (Wildman–Crippen MR) is 84.4 cm³/mol. The largest absolute Gasteiger partial charge is 0.486 e. The Morgan fingerprint density at radius 2 is 1.86 bits per heavy atom. The van der Waals surface area contributed by atoms with Gasteiger partial charge in [0.05, 0.1) is 13.2 Å². The van der Waals surface area contributed by atoms with E-state index in [1.807, 2.05) is 30.3 Å².